The number of halogens is 2. The molecule has 1 amide bonds. The summed E-state index contributed by atoms with van der Waals surface area (Å²) in [7, 11) is 1.66. The fourth-order valence-corrected chi connectivity index (χ4v) is 2.91. The molecule has 0 aliphatic carbocycles. The highest BCUT2D eigenvalue weighted by molar-refractivity contribution is 7.13. The van der Waals surface area contributed by atoms with Gasteiger partial charge in [0.05, 0.1) is 13.2 Å². The predicted octanol–water partition coefficient (Wildman–Crippen LogP) is 1.26. The first-order chi connectivity index (χ1) is 9.81. The number of methoxy groups -OCH3 is 1. The summed E-state index contributed by atoms with van der Waals surface area (Å²) in [5.74, 6) is 0.169. The third kappa shape index (κ3) is 6.66. The Labute approximate surface area is 148 Å². The number of carbonyl (C=O) groups is 1. The number of nitrogens with one attached hydrogen (secondary N) is 1. The Balaban J connectivity index is 0.00000220. The van der Waals surface area contributed by atoms with Crippen molar-refractivity contribution in [3.63, 3.8) is 0 Å². The lowest BCUT2D eigenvalue weighted by atomic mass is 10.3. The maximum absolute atomic E-state index is 12.1. The molecular formula is C13H24Cl2N4O2S. The number of hydrogen-bond donors (Lipinski definition) is 1. The minimum Gasteiger partial charge on any atom is -0.383 e. The fourth-order valence-electron chi connectivity index (χ4n) is 2.21. The van der Waals surface area contributed by atoms with Gasteiger partial charge >= 0.3 is 0 Å². The van der Waals surface area contributed by atoms with E-state index in [1.54, 1.807) is 18.4 Å². The van der Waals surface area contributed by atoms with Crippen LogP contribution in [0.4, 0.5) is 5.13 Å². The van der Waals surface area contributed by atoms with Crippen molar-refractivity contribution >= 4 is 47.2 Å². The number of amides is 1. The second-order valence-corrected chi connectivity index (χ2v) is 5.58. The molecule has 0 unspecified atom stereocenters. The number of aromatic nitrogens is 1. The third-order valence-corrected chi connectivity index (χ3v) is 4.13. The maximum atomic E-state index is 12.1. The minimum atomic E-state index is 0. The summed E-state index contributed by atoms with van der Waals surface area (Å²) in [4.78, 5) is 20.6. The minimum absolute atomic E-state index is 0. The third-order valence-electron chi connectivity index (χ3n) is 3.30. The standard InChI is InChI=1S/C13H22N4O2S.2ClH/c1-19-9-3-14-11-12(18)16-5-2-6-17(8-7-16)13-15-4-10-20-13;;/h4,10,14H,2-3,5-9,11H2,1H3;2*1H. The van der Waals surface area contributed by atoms with E-state index in [2.05, 4.69) is 15.2 Å². The molecule has 0 spiro atoms. The van der Waals surface area contributed by atoms with Crippen LogP contribution in [0.25, 0.3) is 0 Å². The van der Waals surface area contributed by atoms with E-state index in [4.69, 9.17) is 4.74 Å². The summed E-state index contributed by atoms with van der Waals surface area (Å²) in [5, 5.41) is 6.14. The Hall–Kier alpha value is -0.600. The van der Waals surface area contributed by atoms with Gasteiger partial charge in [-0.2, -0.15) is 0 Å². The van der Waals surface area contributed by atoms with E-state index < -0.39 is 0 Å². The quantitative estimate of drug-likeness (QED) is 0.763. The Morgan fingerprint density at radius 3 is 2.86 bits per heavy atom. The molecule has 0 atom stereocenters. The van der Waals surface area contributed by atoms with Crippen molar-refractivity contribution in [2.24, 2.45) is 0 Å². The zero-order valence-electron chi connectivity index (χ0n) is 12.7. The second-order valence-electron chi connectivity index (χ2n) is 4.71. The van der Waals surface area contributed by atoms with Crippen molar-refractivity contribution < 1.29 is 9.53 Å². The number of thiazole rings is 1. The number of nitrogens with zero attached hydrogens (tertiary/aromatic N) is 3. The molecule has 1 fully saturated rings. The fraction of sp³-hybridized carbons (Fsp3) is 0.692. The first kappa shape index (κ1) is 21.4. The zero-order valence-corrected chi connectivity index (χ0v) is 15.1. The van der Waals surface area contributed by atoms with Gasteiger partial charge in [-0.1, -0.05) is 0 Å². The normalized spacial score (nSPS) is 14.8. The van der Waals surface area contributed by atoms with Crippen LogP contribution in [0.15, 0.2) is 11.6 Å². The van der Waals surface area contributed by atoms with E-state index in [1.807, 2.05) is 16.5 Å². The summed E-state index contributed by atoms with van der Waals surface area (Å²) in [6.45, 7) is 5.15. The largest absolute Gasteiger partial charge is 0.383 e. The van der Waals surface area contributed by atoms with Crippen molar-refractivity contribution in [3.8, 4) is 0 Å². The second kappa shape index (κ2) is 11.9. The van der Waals surface area contributed by atoms with E-state index in [9.17, 15) is 4.79 Å². The first-order valence-electron chi connectivity index (χ1n) is 6.93. The molecule has 9 heteroatoms. The Bertz CT molecular complexity index is 409. The van der Waals surface area contributed by atoms with Crippen LogP contribution in [-0.2, 0) is 9.53 Å². The topological polar surface area (TPSA) is 57.7 Å². The SMILES string of the molecule is COCCNCC(=O)N1CCCN(c2nccs2)CC1.Cl.Cl. The molecule has 128 valence electrons. The number of rotatable bonds is 6. The molecule has 6 nitrogen and oxygen atoms in total. The monoisotopic (exact) mass is 370 g/mol. The van der Waals surface area contributed by atoms with Gasteiger partial charge in [0.15, 0.2) is 5.13 Å². The highest BCUT2D eigenvalue weighted by atomic mass is 35.5. The predicted molar refractivity (Wildman–Crippen MR) is 94.8 cm³/mol. The highest BCUT2D eigenvalue weighted by Crippen LogP contribution is 2.18. The first-order valence-corrected chi connectivity index (χ1v) is 7.81. The number of anilines is 1. The number of ether oxygens (including phenoxy) is 1. The van der Waals surface area contributed by atoms with Crippen molar-refractivity contribution in [2.75, 3.05) is 57.9 Å². The zero-order chi connectivity index (χ0) is 14.2. The van der Waals surface area contributed by atoms with Crippen LogP contribution in [0.2, 0.25) is 0 Å². The maximum Gasteiger partial charge on any atom is 0.236 e. The smallest absolute Gasteiger partial charge is 0.236 e. The Morgan fingerprint density at radius 1 is 1.36 bits per heavy atom. The van der Waals surface area contributed by atoms with E-state index in [0.717, 1.165) is 37.7 Å². The van der Waals surface area contributed by atoms with Crippen LogP contribution >= 0.6 is 36.2 Å². The van der Waals surface area contributed by atoms with E-state index in [0.29, 0.717) is 19.7 Å². The van der Waals surface area contributed by atoms with Crippen LogP contribution < -0.4 is 10.2 Å². The van der Waals surface area contributed by atoms with Crippen LogP contribution in [0, 0.1) is 0 Å². The van der Waals surface area contributed by atoms with Crippen molar-refractivity contribution in [2.45, 2.75) is 6.42 Å². The lowest BCUT2D eigenvalue weighted by Crippen LogP contribution is -2.41. The molecule has 0 radical (unpaired) electrons. The van der Waals surface area contributed by atoms with Gasteiger partial charge in [-0.25, -0.2) is 4.98 Å². The molecule has 1 N–H and O–H groups in total. The summed E-state index contributed by atoms with van der Waals surface area (Å²) in [5.41, 5.74) is 0. The van der Waals surface area contributed by atoms with Gasteiger partial charge < -0.3 is 19.9 Å². The van der Waals surface area contributed by atoms with E-state index in [-0.39, 0.29) is 30.7 Å². The van der Waals surface area contributed by atoms with Crippen molar-refractivity contribution in [3.05, 3.63) is 11.6 Å². The molecule has 1 aromatic rings. The van der Waals surface area contributed by atoms with Gasteiger partial charge in [-0.05, 0) is 6.42 Å². The molecule has 1 saturated heterocycles. The molecule has 0 saturated carbocycles. The Morgan fingerprint density at radius 2 is 2.18 bits per heavy atom. The average Bonchev–Trinajstić information content (AvgIpc) is 2.88. The summed E-state index contributed by atoms with van der Waals surface area (Å²) < 4.78 is 4.94. The molecule has 1 aliphatic heterocycles. The molecule has 0 bridgehead atoms. The van der Waals surface area contributed by atoms with Crippen LogP contribution in [0.1, 0.15) is 6.42 Å². The van der Waals surface area contributed by atoms with E-state index >= 15 is 0 Å². The van der Waals surface area contributed by atoms with Gasteiger partial charge in [-0.3, -0.25) is 4.79 Å². The van der Waals surface area contributed by atoms with Gasteiger partial charge in [0.2, 0.25) is 5.91 Å². The molecule has 1 aliphatic rings. The van der Waals surface area contributed by atoms with Crippen LogP contribution in [-0.4, -0.2) is 68.8 Å². The molecule has 2 rings (SSSR count). The summed E-state index contributed by atoms with van der Waals surface area (Å²) >= 11 is 1.65. The van der Waals surface area contributed by atoms with Crippen molar-refractivity contribution in [1.82, 2.24) is 15.2 Å². The van der Waals surface area contributed by atoms with Gasteiger partial charge in [0.1, 0.15) is 0 Å². The lowest BCUT2D eigenvalue weighted by molar-refractivity contribution is -0.130. The molecule has 1 aromatic heterocycles. The Kier molecular flexibility index (Phi) is 11.6. The lowest BCUT2D eigenvalue weighted by Gasteiger charge is -2.21. The molecule has 0 aromatic carbocycles. The van der Waals surface area contributed by atoms with E-state index in [1.165, 1.54) is 0 Å². The van der Waals surface area contributed by atoms with Crippen LogP contribution in [0.5, 0.6) is 0 Å². The summed E-state index contributed by atoms with van der Waals surface area (Å²) in [6, 6.07) is 0. The highest BCUT2D eigenvalue weighted by Gasteiger charge is 2.19. The van der Waals surface area contributed by atoms with Gasteiger partial charge in [0.25, 0.3) is 0 Å². The molecule has 2 heterocycles. The van der Waals surface area contributed by atoms with Gasteiger partial charge in [-0.15, -0.1) is 36.2 Å². The van der Waals surface area contributed by atoms with Crippen molar-refractivity contribution in [1.29, 1.82) is 0 Å². The van der Waals surface area contributed by atoms with Crippen LogP contribution in [0.3, 0.4) is 0 Å². The molecule has 22 heavy (non-hydrogen) atoms. The van der Waals surface area contributed by atoms with Gasteiger partial charge in [0, 0.05) is 51.4 Å². The summed E-state index contributed by atoms with van der Waals surface area (Å²) in [6.07, 6.45) is 2.82. The number of hydrogen-bond acceptors (Lipinski definition) is 6. The number of carbonyl (C=O) groups excluding carboxylic acids is 1. The molecular weight excluding hydrogens is 347 g/mol. The average molecular weight is 371 g/mol.